The van der Waals surface area contributed by atoms with Crippen molar-refractivity contribution in [3.63, 3.8) is 0 Å². The average molecular weight is 248 g/mol. The van der Waals surface area contributed by atoms with Gasteiger partial charge >= 0.3 is 0 Å². The molecule has 1 heterocycles. The Labute approximate surface area is 99.7 Å². The van der Waals surface area contributed by atoms with Gasteiger partial charge in [0.1, 0.15) is 0 Å². The Morgan fingerprint density at radius 2 is 1.56 bits per heavy atom. The van der Waals surface area contributed by atoms with Crippen LogP contribution in [-0.2, 0) is 10.0 Å². The number of sulfonamides is 1. The molecule has 0 aromatic heterocycles. The first-order chi connectivity index (χ1) is 7.39. The summed E-state index contributed by atoms with van der Waals surface area (Å²) in [4.78, 5) is 2.37. The second-order valence-corrected chi connectivity index (χ2v) is 7.28. The van der Waals surface area contributed by atoms with Crippen LogP contribution in [0.1, 0.15) is 34.1 Å². The highest BCUT2D eigenvalue weighted by Crippen LogP contribution is 2.14. The molecule has 0 aromatic rings. The molecule has 1 saturated heterocycles. The third-order valence-electron chi connectivity index (χ3n) is 3.44. The minimum absolute atomic E-state index is 0.303. The van der Waals surface area contributed by atoms with E-state index in [4.69, 9.17) is 0 Å². The standard InChI is InChI=1S/C11H24N2O2S/c1-5-11(4)12-6-8-13(9-7-12)16(14,15)10(2)3/h10-11H,5-9H2,1-4H3/t11-/m0/s1. The quantitative estimate of drug-likeness (QED) is 0.749. The second-order valence-electron chi connectivity index (χ2n) is 4.79. The van der Waals surface area contributed by atoms with E-state index in [1.807, 2.05) is 0 Å². The predicted molar refractivity (Wildman–Crippen MR) is 67.0 cm³/mol. The lowest BCUT2D eigenvalue weighted by atomic mass is 10.2. The monoisotopic (exact) mass is 248 g/mol. The Morgan fingerprint density at radius 3 is 1.94 bits per heavy atom. The summed E-state index contributed by atoms with van der Waals surface area (Å²) in [5.41, 5.74) is 0. The maximum Gasteiger partial charge on any atom is 0.216 e. The molecule has 1 aliphatic heterocycles. The molecule has 0 spiro atoms. The van der Waals surface area contributed by atoms with Gasteiger partial charge in [-0.1, -0.05) is 6.92 Å². The van der Waals surface area contributed by atoms with E-state index >= 15 is 0 Å². The first kappa shape index (κ1) is 13.9. The number of piperazine rings is 1. The molecule has 16 heavy (non-hydrogen) atoms. The third kappa shape index (κ3) is 2.96. The van der Waals surface area contributed by atoms with E-state index in [1.54, 1.807) is 18.2 Å². The van der Waals surface area contributed by atoms with Crippen LogP contribution in [0.2, 0.25) is 0 Å². The van der Waals surface area contributed by atoms with E-state index < -0.39 is 10.0 Å². The van der Waals surface area contributed by atoms with Crippen LogP contribution in [0.5, 0.6) is 0 Å². The van der Waals surface area contributed by atoms with Crippen LogP contribution in [-0.4, -0.2) is 55.1 Å². The number of hydrogen-bond donors (Lipinski definition) is 0. The molecule has 5 heteroatoms. The molecule has 0 radical (unpaired) electrons. The summed E-state index contributed by atoms with van der Waals surface area (Å²) < 4.78 is 25.5. The van der Waals surface area contributed by atoms with Crippen molar-refractivity contribution in [2.45, 2.75) is 45.4 Å². The summed E-state index contributed by atoms with van der Waals surface area (Å²) in [6.07, 6.45) is 1.12. The van der Waals surface area contributed by atoms with Gasteiger partial charge in [-0.3, -0.25) is 4.90 Å². The molecule has 0 amide bonds. The molecule has 96 valence electrons. The topological polar surface area (TPSA) is 40.6 Å². The molecule has 0 bridgehead atoms. The zero-order chi connectivity index (χ0) is 12.3. The van der Waals surface area contributed by atoms with Crippen molar-refractivity contribution in [1.29, 1.82) is 0 Å². The van der Waals surface area contributed by atoms with Crippen LogP contribution in [0.3, 0.4) is 0 Å². The molecule has 0 N–H and O–H groups in total. The minimum Gasteiger partial charge on any atom is -0.298 e. The molecule has 1 rings (SSSR count). The zero-order valence-electron chi connectivity index (χ0n) is 10.8. The van der Waals surface area contributed by atoms with E-state index in [0.29, 0.717) is 19.1 Å². The molecule has 1 atom stereocenters. The Morgan fingerprint density at radius 1 is 1.06 bits per heavy atom. The van der Waals surface area contributed by atoms with E-state index in [0.717, 1.165) is 19.5 Å². The summed E-state index contributed by atoms with van der Waals surface area (Å²) in [6.45, 7) is 10.9. The summed E-state index contributed by atoms with van der Waals surface area (Å²) in [5.74, 6) is 0. The molecule has 0 aliphatic carbocycles. The molecule has 0 aromatic carbocycles. The normalized spacial score (nSPS) is 22.6. The van der Waals surface area contributed by atoms with Gasteiger partial charge in [0.05, 0.1) is 5.25 Å². The van der Waals surface area contributed by atoms with Gasteiger partial charge in [0.25, 0.3) is 0 Å². The van der Waals surface area contributed by atoms with Crippen molar-refractivity contribution in [3.05, 3.63) is 0 Å². The van der Waals surface area contributed by atoms with E-state index in [2.05, 4.69) is 18.7 Å². The number of rotatable bonds is 4. The second kappa shape index (κ2) is 5.47. The fourth-order valence-electron chi connectivity index (χ4n) is 1.96. The first-order valence-corrected chi connectivity index (χ1v) is 7.63. The highest BCUT2D eigenvalue weighted by molar-refractivity contribution is 7.89. The van der Waals surface area contributed by atoms with E-state index in [1.165, 1.54) is 0 Å². The van der Waals surface area contributed by atoms with Crippen molar-refractivity contribution >= 4 is 10.0 Å². The van der Waals surface area contributed by atoms with Gasteiger partial charge in [0, 0.05) is 32.2 Å². The highest BCUT2D eigenvalue weighted by Gasteiger charge is 2.30. The first-order valence-electron chi connectivity index (χ1n) is 6.12. The molecule has 1 aliphatic rings. The maximum atomic E-state index is 11.9. The van der Waals surface area contributed by atoms with Crippen LogP contribution < -0.4 is 0 Å². The van der Waals surface area contributed by atoms with Gasteiger partial charge in [-0.25, -0.2) is 8.42 Å². The summed E-state index contributed by atoms with van der Waals surface area (Å²) in [5, 5.41) is -0.303. The molecule has 0 unspecified atom stereocenters. The Hall–Kier alpha value is -0.130. The molecular formula is C11H24N2O2S. The fourth-order valence-corrected chi connectivity index (χ4v) is 3.22. The SMILES string of the molecule is CC[C@H](C)N1CCN(S(=O)(=O)C(C)C)CC1. The molecule has 1 fully saturated rings. The lowest BCUT2D eigenvalue weighted by Gasteiger charge is -2.37. The van der Waals surface area contributed by atoms with E-state index in [9.17, 15) is 8.42 Å². The molecule has 4 nitrogen and oxygen atoms in total. The lowest BCUT2D eigenvalue weighted by Crippen LogP contribution is -2.52. The summed E-state index contributed by atoms with van der Waals surface area (Å²) in [6, 6.07) is 0.559. The van der Waals surface area contributed by atoms with Gasteiger partial charge in [0.2, 0.25) is 10.0 Å². The fraction of sp³-hybridized carbons (Fsp3) is 1.00. The molecule has 0 saturated carbocycles. The Bertz CT molecular complexity index is 306. The largest absolute Gasteiger partial charge is 0.298 e. The predicted octanol–water partition coefficient (Wildman–Crippen LogP) is 1.14. The highest BCUT2D eigenvalue weighted by atomic mass is 32.2. The van der Waals surface area contributed by atoms with Crippen molar-refractivity contribution < 1.29 is 8.42 Å². The van der Waals surface area contributed by atoms with Gasteiger partial charge in [-0.15, -0.1) is 0 Å². The lowest BCUT2D eigenvalue weighted by molar-refractivity contribution is 0.142. The van der Waals surface area contributed by atoms with Crippen molar-refractivity contribution in [2.24, 2.45) is 0 Å². The van der Waals surface area contributed by atoms with Crippen LogP contribution in [0, 0.1) is 0 Å². The molecular weight excluding hydrogens is 224 g/mol. The number of nitrogens with zero attached hydrogens (tertiary/aromatic N) is 2. The Kier molecular flexibility index (Phi) is 4.76. The minimum atomic E-state index is -3.05. The van der Waals surface area contributed by atoms with Gasteiger partial charge in [0.15, 0.2) is 0 Å². The summed E-state index contributed by atoms with van der Waals surface area (Å²) >= 11 is 0. The zero-order valence-corrected chi connectivity index (χ0v) is 11.6. The van der Waals surface area contributed by atoms with Crippen LogP contribution >= 0.6 is 0 Å². The van der Waals surface area contributed by atoms with Gasteiger partial charge in [-0.2, -0.15) is 4.31 Å². The van der Waals surface area contributed by atoms with Crippen molar-refractivity contribution in [3.8, 4) is 0 Å². The summed E-state index contributed by atoms with van der Waals surface area (Å²) in [7, 11) is -3.05. The van der Waals surface area contributed by atoms with E-state index in [-0.39, 0.29) is 5.25 Å². The smallest absolute Gasteiger partial charge is 0.216 e. The Balaban J connectivity index is 2.56. The van der Waals surface area contributed by atoms with Crippen LogP contribution in [0.25, 0.3) is 0 Å². The van der Waals surface area contributed by atoms with Crippen LogP contribution in [0.4, 0.5) is 0 Å². The number of hydrogen-bond acceptors (Lipinski definition) is 3. The maximum absolute atomic E-state index is 11.9. The van der Waals surface area contributed by atoms with Gasteiger partial charge in [-0.05, 0) is 27.2 Å². The third-order valence-corrected chi connectivity index (χ3v) is 5.72. The van der Waals surface area contributed by atoms with Gasteiger partial charge < -0.3 is 0 Å². The van der Waals surface area contributed by atoms with Crippen molar-refractivity contribution in [1.82, 2.24) is 9.21 Å². The van der Waals surface area contributed by atoms with Crippen molar-refractivity contribution in [2.75, 3.05) is 26.2 Å². The average Bonchev–Trinajstić information content (AvgIpc) is 2.28. The van der Waals surface area contributed by atoms with Crippen LogP contribution in [0.15, 0.2) is 0 Å².